The third-order valence-corrected chi connectivity index (χ3v) is 21.8. The van der Waals surface area contributed by atoms with Gasteiger partial charge in [-0.3, -0.25) is 0 Å². The van der Waals surface area contributed by atoms with Crippen molar-refractivity contribution < 1.29 is 154 Å². The van der Waals surface area contributed by atoms with Crippen molar-refractivity contribution in [2.45, 2.75) is 154 Å². The molecule has 0 bridgehead atoms. The monoisotopic (exact) mass is 1250 g/mol. The summed E-state index contributed by atoms with van der Waals surface area (Å²) in [5.74, 6) is -7.51. The number of aliphatic hydroxyl groups is 2. The normalized spacial score (nSPS) is 12.8. The molecular weight excluding hydrogens is 1160 g/mol. The van der Waals surface area contributed by atoms with Crippen molar-refractivity contribution in [3.63, 3.8) is 0 Å². The van der Waals surface area contributed by atoms with Crippen LogP contribution >= 0.6 is 0 Å². The first kappa shape index (κ1) is 90.4. The Balaban J connectivity index is -0.0000000951. The summed E-state index contributed by atoms with van der Waals surface area (Å²) in [7, 11) is 0.267. The molecule has 4 N–H and O–H groups in total. The number of hydrogen-bond acceptors (Lipinski definition) is 14. The van der Waals surface area contributed by atoms with Crippen LogP contribution in [0.1, 0.15) is 59.8 Å². The minimum Gasteiger partial charge on any atom is -0.411 e. The number of alkyl halides is 13. The van der Waals surface area contributed by atoms with Gasteiger partial charge >= 0.3 is 69.9 Å². The largest absolute Gasteiger partial charge is 0.411 e. The molecule has 0 fully saturated rings. The standard InChI is InChI=1S/C9H17F5O3Si.C9H17F5O2Si.C6H13F3O3Si.2C4H12O2Si.C2H8O2Si.2CH4.Y/c1-16-18(7-15,17-2)5-3-4-8(10,11)6-9(12,13)14;1-15-17(3,16-2)6-4-5-8(10,11)7-9(12,13)14;1-11-13(5-10,12-2)4-3-6(7,8)9;2*1-5-7(3,4)6-2;1-5(2,3)4;;;/h15H,3-7H2,1-2H3;4-7H2,1-3H3;10H,3-5H2,1-2H3;2*1-4H3;3-4H,1-2H3;2*1H4;. The molecule has 0 aromatic carbocycles. The minimum absolute atomic E-state index is 0. The van der Waals surface area contributed by atoms with E-state index in [9.17, 15) is 57.1 Å². The van der Waals surface area contributed by atoms with E-state index in [2.05, 4.69) is 0 Å². The number of rotatable bonds is 24. The Labute approximate surface area is 440 Å². The van der Waals surface area contributed by atoms with Crippen LogP contribution in [0.25, 0.3) is 0 Å². The van der Waals surface area contributed by atoms with Gasteiger partial charge in [-0.2, -0.15) is 39.5 Å². The van der Waals surface area contributed by atoms with Crippen LogP contribution in [-0.4, -0.2) is 185 Å². The van der Waals surface area contributed by atoms with Crippen LogP contribution in [0.3, 0.4) is 0 Å². The molecule has 0 rings (SSSR count). The molecule has 0 atom stereocenters. The van der Waals surface area contributed by atoms with E-state index in [1.54, 1.807) is 35.0 Å². The first-order valence-electron chi connectivity index (χ1n) is 19.9. The van der Waals surface area contributed by atoms with Gasteiger partial charge in [0.1, 0.15) is 12.8 Å². The van der Waals surface area contributed by atoms with Crippen LogP contribution in [0.5, 0.6) is 0 Å². The van der Waals surface area contributed by atoms with E-state index in [0.29, 0.717) is 0 Å². The van der Waals surface area contributed by atoms with Crippen LogP contribution in [0.2, 0.25) is 64.0 Å². The topological polar surface area (TPSA) is 173 Å². The predicted molar refractivity (Wildman–Crippen MR) is 253 cm³/mol. The molecule has 0 saturated carbocycles. The molecule has 0 saturated heterocycles. The summed E-state index contributed by atoms with van der Waals surface area (Å²) in [5, 5.41) is 17.9. The van der Waals surface area contributed by atoms with Crippen molar-refractivity contribution in [2.24, 2.45) is 0 Å². The predicted octanol–water partition coefficient (Wildman–Crippen LogP) is 10.4. The first-order chi connectivity index (χ1) is 29.8. The fourth-order valence-corrected chi connectivity index (χ4v) is 8.91. The Hall–Kier alpha value is 0.935. The van der Waals surface area contributed by atoms with Crippen LogP contribution in [0.15, 0.2) is 0 Å². The maximum absolute atomic E-state index is 13.0. The zero-order valence-corrected chi connectivity index (χ0v) is 51.2. The zero-order valence-electron chi connectivity index (χ0n) is 42.3. The summed E-state index contributed by atoms with van der Waals surface area (Å²) in [6.45, 7) is 12.5. The number of halogens is 13. The van der Waals surface area contributed by atoms with Gasteiger partial charge < -0.3 is 64.1 Å². The minimum atomic E-state index is -4.89. The Morgan fingerprint density at radius 2 is 0.614 bits per heavy atom. The second kappa shape index (κ2) is 42.0. The molecule has 433 valence electrons. The van der Waals surface area contributed by atoms with Gasteiger partial charge in [0.25, 0.3) is 11.8 Å². The van der Waals surface area contributed by atoms with E-state index >= 15 is 0 Å². The van der Waals surface area contributed by atoms with Gasteiger partial charge in [-0.05, 0) is 70.8 Å². The Kier molecular flexibility index (Phi) is 54.3. The fourth-order valence-electron chi connectivity index (χ4n) is 3.83. The van der Waals surface area contributed by atoms with E-state index in [1.807, 2.05) is 26.2 Å². The molecule has 0 amide bonds. The van der Waals surface area contributed by atoms with Crippen molar-refractivity contribution in [2.75, 3.05) is 83.6 Å². The Bertz CT molecular complexity index is 1140. The van der Waals surface area contributed by atoms with Crippen molar-refractivity contribution >= 4 is 51.4 Å². The van der Waals surface area contributed by atoms with Crippen LogP contribution in [0, 0.1) is 0 Å². The van der Waals surface area contributed by atoms with Crippen molar-refractivity contribution in [1.82, 2.24) is 0 Å². The van der Waals surface area contributed by atoms with E-state index in [4.69, 9.17) is 64.1 Å². The second-order valence-electron chi connectivity index (χ2n) is 15.7. The molecule has 14 nitrogen and oxygen atoms in total. The van der Waals surface area contributed by atoms with Gasteiger partial charge in [0.05, 0.1) is 12.5 Å². The maximum atomic E-state index is 13.0. The SMILES string of the molecule is C.C.CO[Si](C)(C)OC.CO[Si](C)(C)OC.CO[Si](C)(CCCC(F)(F)CC(F)(F)F)OC.CO[Si](CO)(CCC(F)(F)F)OC.CO[Si](CO)(CCCC(F)(F)CC(F)(F)F)OC.C[Si](C)(O)O.[Y]. The van der Waals surface area contributed by atoms with Gasteiger partial charge in [-0.1, -0.05) is 14.9 Å². The van der Waals surface area contributed by atoms with Gasteiger partial charge in [0, 0.05) is 129 Å². The van der Waals surface area contributed by atoms with Gasteiger partial charge in [0.15, 0.2) is 0 Å². The summed E-state index contributed by atoms with van der Waals surface area (Å²) >= 11 is 0. The van der Waals surface area contributed by atoms with E-state index in [-0.39, 0.29) is 78.5 Å². The van der Waals surface area contributed by atoms with Crippen molar-refractivity contribution in [1.29, 1.82) is 0 Å². The molecule has 0 aliphatic carbocycles. The Morgan fingerprint density at radius 1 is 0.371 bits per heavy atom. The van der Waals surface area contributed by atoms with E-state index in [1.165, 1.54) is 55.8 Å². The van der Waals surface area contributed by atoms with Gasteiger partial charge in [0.2, 0.25) is 0 Å². The van der Waals surface area contributed by atoms with Gasteiger partial charge in [-0.25, -0.2) is 17.6 Å². The molecule has 0 aromatic heterocycles. The van der Waals surface area contributed by atoms with Crippen LogP contribution < -0.4 is 0 Å². The molecule has 34 heteroatoms. The first-order valence-corrected chi connectivity index (χ1v) is 35.4. The average Bonchev–Trinajstić information content (AvgIpc) is 3.18. The Morgan fingerprint density at radius 3 is 0.786 bits per heavy atom. The molecule has 1 radical (unpaired) electrons. The third-order valence-electron chi connectivity index (χ3n) is 8.78. The van der Waals surface area contributed by atoms with Crippen molar-refractivity contribution in [3.05, 3.63) is 0 Å². The van der Waals surface area contributed by atoms with Crippen molar-refractivity contribution in [3.8, 4) is 0 Å². The fraction of sp³-hybridized carbons (Fsp3) is 1.00. The summed E-state index contributed by atoms with van der Waals surface area (Å²) in [6, 6.07) is -0.0165. The summed E-state index contributed by atoms with van der Waals surface area (Å²) < 4.78 is 208. The third kappa shape index (κ3) is 61.5. The van der Waals surface area contributed by atoms with Crippen LogP contribution in [-0.2, 0) is 77.0 Å². The number of aliphatic hydroxyl groups excluding tert-OH is 2. The average molecular weight is 1250 g/mol. The molecule has 0 aliphatic rings. The molecule has 0 spiro atoms. The molecule has 70 heavy (non-hydrogen) atoms. The molecule has 0 unspecified atom stereocenters. The quantitative estimate of drug-likeness (QED) is 0.0531. The molecule has 0 aliphatic heterocycles. The summed E-state index contributed by atoms with van der Waals surface area (Å²) in [4.78, 5) is 16.4. The number of hydrogen-bond donors (Lipinski definition) is 4. The molecule has 0 heterocycles. The summed E-state index contributed by atoms with van der Waals surface area (Å²) in [5.41, 5.74) is 0. The summed E-state index contributed by atoms with van der Waals surface area (Å²) in [6.07, 6.45) is -22.0. The van der Waals surface area contributed by atoms with Gasteiger partial charge in [-0.15, -0.1) is 0 Å². The second-order valence-corrected chi connectivity index (χ2v) is 36.4. The molecular formula is C36H87F13O14Si6Y. The zero-order chi connectivity index (χ0) is 55.1. The molecule has 0 aromatic rings. The van der Waals surface area contributed by atoms with E-state index in [0.717, 1.165) is 0 Å². The maximum Gasteiger partial charge on any atom is 0.394 e. The smallest absolute Gasteiger partial charge is 0.394 e. The van der Waals surface area contributed by atoms with E-state index < -0.39 is 126 Å². The van der Waals surface area contributed by atoms with Crippen LogP contribution in [0.4, 0.5) is 57.1 Å².